The fourth-order valence-corrected chi connectivity index (χ4v) is 3.04. The Hall–Kier alpha value is -2.22. The second-order valence-electron chi connectivity index (χ2n) is 5.35. The first-order chi connectivity index (χ1) is 11.1. The van der Waals surface area contributed by atoms with Gasteiger partial charge in [0.2, 0.25) is 5.91 Å². The Kier molecular flexibility index (Phi) is 4.71. The van der Waals surface area contributed by atoms with Crippen LogP contribution in [0.4, 0.5) is 11.4 Å². The second-order valence-corrected chi connectivity index (χ2v) is 6.30. The molecule has 1 saturated heterocycles. The van der Waals surface area contributed by atoms with Gasteiger partial charge in [-0.05, 0) is 36.1 Å². The third kappa shape index (κ3) is 3.95. The van der Waals surface area contributed by atoms with Crippen LogP contribution in [-0.4, -0.2) is 35.6 Å². The molecule has 0 aliphatic carbocycles. The maximum atomic E-state index is 12.1. The number of rotatable bonds is 4. The largest absolute Gasteiger partial charge is 0.392 e. The van der Waals surface area contributed by atoms with Crippen molar-refractivity contribution in [3.05, 3.63) is 46.7 Å². The van der Waals surface area contributed by atoms with Crippen molar-refractivity contribution in [3.8, 4) is 0 Å². The first kappa shape index (κ1) is 15.7. The average molecular weight is 331 g/mol. The van der Waals surface area contributed by atoms with Crippen LogP contribution in [0, 0.1) is 0 Å². The van der Waals surface area contributed by atoms with Crippen molar-refractivity contribution >= 4 is 34.5 Å². The molecule has 1 aliphatic rings. The van der Waals surface area contributed by atoms with Gasteiger partial charge in [-0.1, -0.05) is 12.1 Å². The first-order valence-corrected chi connectivity index (χ1v) is 8.17. The fourth-order valence-electron chi connectivity index (χ4n) is 2.42. The Labute approximate surface area is 137 Å². The summed E-state index contributed by atoms with van der Waals surface area (Å²) >= 11 is 1.37. The van der Waals surface area contributed by atoms with Crippen molar-refractivity contribution in [2.24, 2.45) is 0 Å². The number of hydrogen-bond acceptors (Lipinski definition) is 5. The Morgan fingerprint density at radius 2 is 1.96 bits per heavy atom. The summed E-state index contributed by atoms with van der Waals surface area (Å²) in [5.74, 6) is -0.368. The van der Waals surface area contributed by atoms with Crippen molar-refractivity contribution < 1.29 is 14.7 Å². The highest BCUT2D eigenvalue weighted by molar-refractivity contribution is 7.12. The van der Waals surface area contributed by atoms with Crippen molar-refractivity contribution in [2.75, 3.05) is 17.2 Å². The standard InChI is InChI=1S/C16H17N3O3S/c20-12-8-13(17-9-12)15(21)18-10-3-1-4-11(7-10)19-16(22)14-5-2-6-23-14/h1-7,12-13,17,20H,8-9H2,(H,18,21)(H,19,22). The van der Waals surface area contributed by atoms with Gasteiger partial charge in [0.25, 0.3) is 5.91 Å². The average Bonchev–Trinajstić information content (AvgIpc) is 3.18. The topological polar surface area (TPSA) is 90.5 Å². The number of amides is 2. The summed E-state index contributed by atoms with van der Waals surface area (Å²) in [4.78, 5) is 24.8. The Morgan fingerprint density at radius 3 is 2.61 bits per heavy atom. The smallest absolute Gasteiger partial charge is 0.265 e. The van der Waals surface area contributed by atoms with Crippen LogP contribution in [0.15, 0.2) is 41.8 Å². The van der Waals surface area contributed by atoms with E-state index in [0.29, 0.717) is 29.2 Å². The van der Waals surface area contributed by atoms with Crippen LogP contribution in [0.5, 0.6) is 0 Å². The highest BCUT2D eigenvalue weighted by Gasteiger charge is 2.27. The van der Waals surface area contributed by atoms with Crippen LogP contribution in [0.25, 0.3) is 0 Å². The third-order valence-electron chi connectivity index (χ3n) is 3.56. The van der Waals surface area contributed by atoms with Gasteiger partial charge < -0.3 is 21.1 Å². The number of benzene rings is 1. The summed E-state index contributed by atoms with van der Waals surface area (Å²) < 4.78 is 0. The Balaban J connectivity index is 1.63. The van der Waals surface area contributed by atoms with E-state index in [9.17, 15) is 14.7 Å². The number of aliphatic hydroxyl groups excluding tert-OH is 1. The molecule has 0 radical (unpaired) electrons. The molecule has 23 heavy (non-hydrogen) atoms. The molecule has 0 spiro atoms. The van der Waals surface area contributed by atoms with E-state index in [-0.39, 0.29) is 11.8 Å². The molecule has 2 unspecified atom stereocenters. The summed E-state index contributed by atoms with van der Waals surface area (Å²) in [6.07, 6.45) is -0.0807. The molecule has 2 amide bonds. The zero-order valence-corrected chi connectivity index (χ0v) is 13.1. The van der Waals surface area contributed by atoms with Gasteiger partial charge in [0.15, 0.2) is 0 Å². The van der Waals surface area contributed by atoms with Gasteiger partial charge in [-0.2, -0.15) is 0 Å². The van der Waals surface area contributed by atoms with Gasteiger partial charge >= 0.3 is 0 Å². The molecular weight excluding hydrogens is 314 g/mol. The summed E-state index contributed by atoms with van der Waals surface area (Å²) in [7, 11) is 0. The molecule has 3 rings (SSSR count). The van der Waals surface area contributed by atoms with Crippen molar-refractivity contribution in [2.45, 2.75) is 18.6 Å². The van der Waals surface area contributed by atoms with E-state index < -0.39 is 12.1 Å². The number of thiophene rings is 1. The molecule has 120 valence electrons. The summed E-state index contributed by atoms with van der Waals surface area (Å²) in [6, 6.07) is 10.2. The number of anilines is 2. The summed E-state index contributed by atoms with van der Waals surface area (Å²) in [5, 5.41) is 19.9. The van der Waals surface area contributed by atoms with Gasteiger partial charge in [-0.3, -0.25) is 9.59 Å². The minimum Gasteiger partial charge on any atom is -0.392 e. The van der Waals surface area contributed by atoms with Crippen LogP contribution < -0.4 is 16.0 Å². The highest BCUT2D eigenvalue weighted by atomic mass is 32.1. The lowest BCUT2D eigenvalue weighted by atomic mass is 10.2. The predicted octanol–water partition coefficient (Wildman–Crippen LogP) is 1.66. The molecule has 2 heterocycles. The number of nitrogens with one attached hydrogen (secondary N) is 3. The van der Waals surface area contributed by atoms with Gasteiger partial charge in [0.05, 0.1) is 17.0 Å². The zero-order chi connectivity index (χ0) is 16.2. The molecule has 2 aromatic rings. The Morgan fingerprint density at radius 1 is 1.17 bits per heavy atom. The Bertz CT molecular complexity index is 702. The lowest BCUT2D eigenvalue weighted by molar-refractivity contribution is -0.117. The molecular formula is C16H17N3O3S. The van der Waals surface area contributed by atoms with Gasteiger partial charge in [-0.25, -0.2) is 0 Å². The van der Waals surface area contributed by atoms with E-state index in [0.717, 1.165) is 0 Å². The molecule has 1 aliphatic heterocycles. The van der Waals surface area contributed by atoms with Crippen molar-refractivity contribution in [1.82, 2.24) is 5.32 Å². The molecule has 4 N–H and O–H groups in total. The maximum Gasteiger partial charge on any atom is 0.265 e. The molecule has 1 fully saturated rings. The maximum absolute atomic E-state index is 12.1. The minimum absolute atomic E-state index is 0.177. The van der Waals surface area contributed by atoms with Crippen LogP contribution >= 0.6 is 11.3 Å². The van der Waals surface area contributed by atoms with Gasteiger partial charge in [0.1, 0.15) is 0 Å². The molecule has 1 aromatic heterocycles. The number of carbonyl (C=O) groups is 2. The van der Waals surface area contributed by atoms with Crippen LogP contribution in [0.2, 0.25) is 0 Å². The number of carbonyl (C=O) groups excluding carboxylic acids is 2. The molecule has 2 atom stereocenters. The van der Waals surface area contributed by atoms with Crippen LogP contribution in [-0.2, 0) is 4.79 Å². The normalized spacial score (nSPS) is 20.2. The van der Waals surface area contributed by atoms with Crippen molar-refractivity contribution in [3.63, 3.8) is 0 Å². The van der Waals surface area contributed by atoms with Gasteiger partial charge in [-0.15, -0.1) is 11.3 Å². The second kappa shape index (κ2) is 6.91. The third-order valence-corrected chi connectivity index (χ3v) is 4.43. The first-order valence-electron chi connectivity index (χ1n) is 7.29. The minimum atomic E-state index is -0.484. The van der Waals surface area contributed by atoms with E-state index in [1.807, 2.05) is 11.4 Å². The van der Waals surface area contributed by atoms with Crippen LogP contribution in [0.1, 0.15) is 16.1 Å². The van der Waals surface area contributed by atoms with E-state index in [1.54, 1.807) is 30.3 Å². The molecule has 7 heteroatoms. The lowest BCUT2D eigenvalue weighted by Crippen LogP contribution is -2.35. The van der Waals surface area contributed by atoms with E-state index >= 15 is 0 Å². The number of β-amino-alcohol motifs (C(OH)–C–C–N with tert-alkyl or cyclic N) is 1. The molecule has 6 nitrogen and oxygen atoms in total. The van der Waals surface area contributed by atoms with E-state index in [4.69, 9.17) is 0 Å². The quantitative estimate of drug-likeness (QED) is 0.686. The number of hydrogen-bond donors (Lipinski definition) is 4. The summed E-state index contributed by atoms with van der Waals surface area (Å²) in [5.41, 5.74) is 1.21. The predicted molar refractivity (Wildman–Crippen MR) is 89.8 cm³/mol. The van der Waals surface area contributed by atoms with Crippen molar-refractivity contribution in [1.29, 1.82) is 0 Å². The van der Waals surface area contributed by atoms with Gasteiger partial charge in [0, 0.05) is 17.9 Å². The number of aliphatic hydroxyl groups is 1. The van der Waals surface area contributed by atoms with E-state index in [1.165, 1.54) is 11.3 Å². The summed E-state index contributed by atoms with van der Waals surface area (Å²) in [6.45, 7) is 0.426. The SMILES string of the molecule is O=C(Nc1cccc(NC(=O)C2CC(O)CN2)c1)c1cccs1. The molecule has 1 aromatic carbocycles. The monoisotopic (exact) mass is 331 g/mol. The lowest BCUT2D eigenvalue weighted by Gasteiger charge is -2.12. The van der Waals surface area contributed by atoms with E-state index in [2.05, 4.69) is 16.0 Å². The zero-order valence-electron chi connectivity index (χ0n) is 12.3. The highest BCUT2D eigenvalue weighted by Crippen LogP contribution is 2.18. The fraction of sp³-hybridized carbons (Fsp3) is 0.250. The molecule has 0 bridgehead atoms. The van der Waals surface area contributed by atoms with Crippen LogP contribution in [0.3, 0.4) is 0 Å². The molecule has 0 saturated carbocycles.